The van der Waals surface area contributed by atoms with Crippen LogP contribution in [0.3, 0.4) is 0 Å². The molecule has 0 atom stereocenters. The van der Waals surface area contributed by atoms with Crippen molar-refractivity contribution in [3.63, 3.8) is 0 Å². The molecule has 1 N–H and O–H groups in total. The SMILES string of the molecule is CC(C)(C)NCc1nc(-c2ccccc2F)no1. The molecule has 0 fully saturated rings. The van der Waals surface area contributed by atoms with Crippen LogP contribution in [0.4, 0.5) is 4.39 Å². The molecule has 1 heterocycles. The largest absolute Gasteiger partial charge is 0.338 e. The Kier molecular flexibility index (Phi) is 3.43. The van der Waals surface area contributed by atoms with Gasteiger partial charge in [-0.2, -0.15) is 4.98 Å². The van der Waals surface area contributed by atoms with E-state index in [4.69, 9.17) is 4.52 Å². The second kappa shape index (κ2) is 4.86. The zero-order valence-electron chi connectivity index (χ0n) is 10.7. The number of rotatable bonds is 3. The van der Waals surface area contributed by atoms with Crippen molar-refractivity contribution in [1.82, 2.24) is 15.5 Å². The third-order valence-electron chi connectivity index (χ3n) is 2.35. The van der Waals surface area contributed by atoms with E-state index in [-0.39, 0.29) is 17.2 Å². The Balaban J connectivity index is 2.14. The van der Waals surface area contributed by atoms with Crippen LogP contribution in [0.1, 0.15) is 26.7 Å². The molecule has 18 heavy (non-hydrogen) atoms. The summed E-state index contributed by atoms with van der Waals surface area (Å²) in [6.07, 6.45) is 0. The molecule has 1 aromatic carbocycles. The highest BCUT2D eigenvalue weighted by Crippen LogP contribution is 2.19. The molecule has 0 spiro atoms. The molecule has 0 saturated carbocycles. The van der Waals surface area contributed by atoms with Crippen molar-refractivity contribution in [2.24, 2.45) is 0 Å². The smallest absolute Gasteiger partial charge is 0.240 e. The van der Waals surface area contributed by atoms with Gasteiger partial charge in [-0.15, -0.1) is 0 Å². The van der Waals surface area contributed by atoms with Crippen LogP contribution in [0.2, 0.25) is 0 Å². The lowest BCUT2D eigenvalue weighted by molar-refractivity contribution is 0.336. The van der Waals surface area contributed by atoms with E-state index in [0.717, 1.165) is 0 Å². The fourth-order valence-corrected chi connectivity index (χ4v) is 1.42. The summed E-state index contributed by atoms with van der Waals surface area (Å²) >= 11 is 0. The number of hydrogen-bond acceptors (Lipinski definition) is 4. The summed E-state index contributed by atoms with van der Waals surface area (Å²) in [7, 11) is 0. The van der Waals surface area contributed by atoms with Crippen LogP contribution < -0.4 is 5.32 Å². The van der Waals surface area contributed by atoms with Crippen molar-refractivity contribution in [3.8, 4) is 11.4 Å². The standard InChI is InChI=1S/C13H16FN3O/c1-13(2,3)15-8-11-16-12(17-18-11)9-6-4-5-7-10(9)14/h4-7,15H,8H2,1-3H3. The summed E-state index contributed by atoms with van der Waals surface area (Å²) in [6.45, 7) is 6.59. The van der Waals surface area contributed by atoms with Gasteiger partial charge in [-0.1, -0.05) is 17.3 Å². The molecule has 0 aliphatic carbocycles. The lowest BCUT2D eigenvalue weighted by Crippen LogP contribution is -2.35. The van der Waals surface area contributed by atoms with Crippen molar-refractivity contribution in [1.29, 1.82) is 0 Å². The maximum Gasteiger partial charge on any atom is 0.240 e. The van der Waals surface area contributed by atoms with Crippen molar-refractivity contribution in [2.75, 3.05) is 0 Å². The van der Waals surface area contributed by atoms with Gasteiger partial charge in [0.05, 0.1) is 12.1 Å². The van der Waals surface area contributed by atoms with Gasteiger partial charge in [0.15, 0.2) is 0 Å². The molecule has 5 heteroatoms. The fourth-order valence-electron chi connectivity index (χ4n) is 1.42. The van der Waals surface area contributed by atoms with E-state index in [1.54, 1.807) is 18.2 Å². The quantitative estimate of drug-likeness (QED) is 0.908. The zero-order valence-corrected chi connectivity index (χ0v) is 10.7. The van der Waals surface area contributed by atoms with Crippen LogP contribution in [-0.2, 0) is 6.54 Å². The van der Waals surface area contributed by atoms with Crippen LogP contribution in [-0.4, -0.2) is 15.7 Å². The lowest BCUT2D eigenvalue weighted by Gasteiger charge is -2.18. The van der Waals surface area contributed by atoms with Crippen LogP contribution in [0, 0.1) is 5.82 Å². The molecule has 2 rings (SSSR count). The van der Waals surface area contributed by atoms with Gasteiger partial charge in [0.2, 0.25) is 11.7 Å². The van der Waals surface area contributed by atoms with Crippen LogP contribution in [0.5, 0.6) is 0 Å². The number of nitrogens with one attached hydrogen (secondary N) is 1. The van der Waals surface area contributed by atoms with E-state index >= 15 is 0 Å². The summed E-state index contributed by atoms with van der Waals surface area (Å²) < 4.78 is 18.6. The Morgan fingerprint density at radius 2 is 2.00 bits per heavy atom. The number of nitrogens with zero attached hydrogens (tertiary/aromatic N) is 2. The molecule has 2 aromatic rings. The van der Waals surface area contributed by atoms with E-state index in [0.29, 0.717) is 18.0 Å². The van der Waals surface area contributed by atoms with Gasteiger partial charge < -0.3 is 9.84 Å². The molecule has 0 unspecified atom stereocenters. The van der Waals surface area contributed by atoms with Gasteiger partial charge >= 0.3 is 0 Å². The molecule has 0 bridgehead atoms. The van der Waals surface area contributed by atoms with Crippen molar-refractivity contribution < 1.29 is 8.91 Å². The monoisotopic (exact) mass is 249 g/mol. The summed E-state index contributed by atoms with van der Waals surface area (Å²) in [5.41, 5.74) is 0.315. The minimum atomic E-state index is -0.353. The van der Waals surface area contributed by atoms with Crippen LogP contribution in [0.25, 0.3) is 11.4 Å². The Morgan fingerprint density at radius 1 is 1.28 bits per heavy atom. The first-order valence-corrected chi connectivity index (χ1v) is 5.78. The van der Waals surface area contributed by atoms with Crippen molar-refractivity contribution >= 4 is 0 Å². The number of hydrogen-bond donors (Lipinski definition) is 1. The highest BCUT2D eigenvalue weighted by Gasteiger charge is 2.14. The van der Waals surface area contributed by atoms with Gasteiger partial charge in [0.25, 0.3) is 0 Å². The predicted octanol–water partition coefficient (Wildman–Crippen LogP) is 2.76. The number of halogens is 1. The van der Waals surface area contributed by atoms with E-state index in [2.05, 4.69) is 15.5 Å². The maximum atomic E-state index is 13.5. The normalized spacial score (nSPS) is 11.8. The first kappa shape index (κ1) is 12.7. The molecule has 1 aromatic heterocycles. The van der Waals surface area contributed by atoms with Crippen molar-refractivity contribution in [3.05, 3.63) is 36.0 Å². The minimum absolute atomic E-state index is 0.0351. The second-order valence-corrected chi connectivity index (χ2v) is 5.10. The molecule has 0 amide bonds. The third-order valence-corrected chi connectivity index (χ3v) is 2.35. The Labute approximate surface area is 105 Å². The van der Waals surface area contributed by atoms with Crippen LogP contribution >= 0.6 is 0 Å². The molecule has 0 aliphatic heterocycles. The van der Waals surface area contributed by atoms with Gasteiger partial charge in [-0.05, 0) is 32.9 Å². The lowest BCUT2D eigenvalue weighted by atomic mass is 10.1. The number of aromatic nitrogens is 2. The Morgan fingerprint density at radius 3 is 2.67 bits per heavy atom. The second-order valence-electron chi connectivity index (χ2n) is 5.10. The predicted molar refractivity (Wildman–Crippen MR) is 66.3 cm³/mol. The maximum absolute atomic E-state index is 13.5. The van der Waals surface area contributed by atoms with Gasteiger partial charge in [0, 0.05) is 5.54 Å². The zero-order chi connectivity index (χ0) is 13.2. The van der Waals surface area contributed by atoms with Crippen LogP contribution in [0.15, 0.2) is 28.8 Å². The Bertz CT molecular complexity index is 531. The van der Waals surface area contributed by atoms with E-state index < -0.39 is 0 Å². The molecule has 0 radical (unpaired) electrons. The van der Waals surface area contributed by atoms with Gasteiger partial charge in [0.1, 0.15) is 5.82 Å². The number of benzene rings is 1. The highest BCUT2D eigenvalue weighted by atomic mass is 19.1. The topological polar surface area (TPSA) is 51.0 Å². The Hall–Kier alpha value is -1.75. The molecule has 96 valence electrons. The molecule has 0 aliphatic rings. The first-order valence-electron chi connectivity index (χ1n) is 5.78. The fraction of sp³-hybridized carbons (Fsp3) is 0.385. The third kappa shape index (κ3) is 3.13. The molecule has 0 saturated heterocycles. The van der Waals surface area contributed by atoms with Gasteiger partial charge in [-0.25, -0.2) is 4.39 Å². The average Bonchev–Trinajstić information content (AvgIpc) is 2.75. The molecule has 4 nitrogen and oxygen atoms in total. The molecular formula is C13H16FN3O. The van der Waals surface area contributed by atoms with E-state index in [9.17, 15) is 4.39 Å². The first-order chi connectivity index (χ1) is 8.46. The summed E-state index contributed by atoms with van der Waals surface area (Å²) in [6, 6.07) is 6.36. The van der Waals surface area contributed by atoms with E-state index in [1.807, 2.05) is 20.8 Å². The summed E-state index contributed by atoms with van der Waals surface area (Å²) in [5.74, 6) is 0.371. The highest BCUT2D eigenvalue weighted by molar-refractivity contribution is 5.54. The molecular weight excluding hydrogens is 233 g/mol. The minimum Gasteiger partial charge on any atom is -0.338 e. The van der Waals surface area contributed by atoms with Gasteiger partial charge in [-0.3, -0.25) is 0 Å². The van der Waals surface area contributed by atoms with E-state index in [1.165, 1.54) is 6.07 Å². The summed E-state index contributed by atoms with van der Waals surface area (Å²) in [4.78, 5) is 4.16. The average molecular weight is 249 g/mol. The summed E-state index contributed by atoms with van der Waals surface area (Å²) in [5, 5.41) is 7.01. The van der Waals surface area contributed by atoms with Crippen molar-refractivity contribution in [2.45, 2.75) is 32.9 Å².